The molecule has 0 heterocycles. The number of hydrogen-bond acceptors (Lipinski definition) is 2. The first-order valence-electron chi connectivity index (χ1n) is 3.90. The molecule has 1 aromatic rings. The Hall–Kier alpha value is -0.170. The molecule has 0 fully saturated rings. The molecule has 0 amide bonds. The summed E-state index contributed by atoms with van der Waals surface area (Å²) < 4.78 is 39.0. The lowest BCUT2D eigenvalue weighted by Crippen LogP contribution is -2.20. The Balaban J connectivity index is 3.49. The third-order valence-electron chi connectivity index (χ3n) is 1.78. The third-order valence-corrected chi connectivity index (χ3v) is 3.94. The summed E-state index contributed by atoms with van der Waals surface area (Å²) in [6.07, 6.45) is 0. The molecule has 84 valence electrons. The monoisotopic (exact) mass is 315 g/mol. The Morgan fingerprint density at radius 1 is 1.53 bits per heavy atom. The number of nitrogens with one attached hydrogen (secondary N) is 1. The fourth-order valence-electron chi connectivity index (χ4n) is 1.02. The Labute approximate surface area is 101 Å². The van der Waals surface area contributed by atoms with Gasteiger partial charge in [-0.2, -0.15) is 0 Å². The fourth-order valence-corrected chi connectivity index (χ4v) is 2.74. The molecule has 0 unspecified atom stereocenters. The van der Waals surface area contributed by atoms with E-state index in [0.717, 1.165) is 0 Å². The summed E-state index contributed by atoms with van der Waals surface area (Å²) in [5.74, 6) is -0.903. The van der Waals surface area contributed by atoms with Crippen molar-refractivity contribution in [1.82, 2.24) is 4.72 Å². The van der Waals surface area contributed by atoms with Crippen LogP contribution in [0.2, 0.25) is 0 Å². The van der Waals surface area contributed by atoms with Gasteiger partial charge in [-0.1, -0.05) is 15.9 Å². The normalized spacial score (nSPS) is 11.7. The van der Waals surface area contributed by atoms with E-state index in [4.69, 9.17) is 11.6 Å². The summed E-state index contributed by atoms with van der Waals surface area (Å²) in [5, 5.41) is 0. The van der Waals surface area contributed by atoms with Gasteiger partial charge in [0.25, 0.3) is 0 Å². The van der Waals surface area contributed by atoms with E-state index in [1.165, 1.54) is 19.2 Å². The predicted octanol–water partition coefficient (Wildman–Crippen LogP) is 2.24. The molecule has 0 aliphatic rings. The van der Waals surface area contributed by atoms with Crippen molar-refractivity contribution in [2.75, 3.05) is 7.05 Å². The molecule has 15 heavy (non-hydrogen) atoms. The zero-order valence-electron chi connectivity index (χ0n) is 7.72. The van der Waals surface area contributed by atoms with E-state index in [2.05, 4.69) is 15.9 Å². The molecule has 1 aromatic carbocycles. The first-order valence-corrected chi connectivity index (χ1v) is 6.71. The molecule has 0 bridgehead atoms. The van der Waals surface area contributed by atoms with Crippen molar-refractivity contribution in [2.24, 2.45) is 0 Å². The van der Waals surface area contributed by atoms with Gasteiger partial charge in [0, 0.05) is 10.0 Å². The van der Waals surface area contributed by atoms with Gasteiger partial charge in [0.1, 0.15) is 10.7 Å². The summed E-state index contributed by atoms with van der Waals surface area (Å²) >= 11 is 8.59. The van der Waals surface area contributed by atoms with Crippen molar-refractivity contribution in [1.29, 1.82) is 0 Å². The highest BCUT2D eigenvalue weighted by molar-refractivity contribution is 9.10. The van der Waals surface area contributed by atoms with Crippen LogP contribution in [0.3, 0.4) is 0 Å². The second kappa shape index (κ2) is 4.78. The lowest BCUT2D eigenvalue weighted by molar-refractivity contribution is 0.556. The van der Waals surface area contributed by atoms with Crippen molar-refractivity contribution < 1.29 is 12.8 Å². The molecule has 3 nitrogen and oxygen atoms in total. The SMILES string of the molecule is CNS(=O)(=O)c1cc(Br)cc(CCl)c1F. The first kappa shape index (κ1) is 12.9. The van der Waals surface area contributed by atoms with Gasteiger partial charge < -0.3 is 0 Å². The Morgan fingerprint density at radius 2 is 2.13 bits per heavy atom. The molecule has 0 aliphatic carbocycles. The van der Waals surface area contributed by atoms with Crippen LogP contribution in [0.1, 0.15) is 5.56 Å². The highest BCUT2D eigenvalue weighted by Gasteiger charge is 2.20. The van der Waals surface area contributed by atoms with Crippen molar-refractivity contribution in [3.05, 3.63) is 28.0 Å². The van der Waals surface area contributed by atoms with E-state index in [1.807, 2.05) is 4.72 Å². The topological polar surface area (TPSA) is 46.2 Å². The molecule has 0 radical (unpaired) electrons. The quantitative estimate of drug-likeness (QED) is 0.869. The molecule has 0 aromatic heterocycles. The minimum absolute atomic E-state index is 0.0858. The number of hydrogen-bond donors (Lipinski definition) is 1. The van der Waals surface area contributed by atoms with Crippen LogP contribution in [0.4, 0.5) is 4.39 Å². The minimum atomic E-state index is -3.80. The smallest absolute Gasteiger partial charge is 0.214 e. The van der Waals surface area contributed by atoms with Gasteiger partial charge in [0.15, 0.2) is 0 Å². The number of alkyl halides is 1. The summed E-state index contributed by atoms with van der Waals surface area (Å²) in [7, 11) is -2.58. The second-order valence-electron chi connectivity index (χ2n) is 2.72. The van der Waals surface area contributed by atoms with Crippen LogP contribution in [-0.2, 0) is 15.9 Å². The highest BCUT2D eigenvalue weighted by Crippen LogP contribution is 2.24. The van der Waals surface area contributed by atoms with Crippen LogP contribution in [0.5, 0.6) is 0 Å². The molecule has 0 spiro atoms. The number of benzene rings is 1. The lowest BCUT2D eigenvalue weighted by Gasteiger charge is -2.07. The minimum Gasteiger partial charge on any atom is -0.214 e. The molecule has 0 atom stereocenters. The van der Waals surface area contributed by atoms with Crippen LogP contribution in [-0.4, -0.2) is 15.5 Å². The van der Waals surface area contributed by atoms with Crippen LogP contribution < -0.4 is 4.72 Å². The zero-order chi connectivity index (χ0) is 11.6. The Bertz CT molecular complexity index is 478. The maximum atomic E-state index is 13.6. The zero-order valence-corrected chi connectivity index (χ0v) is 10.9. The maximum absolute atomic E-state index is 13.6. The molecular weight excluding hydrogens is 309 g/mol. The highest BCUT2D eigenvalue weighted by atomic mass is 79.9. The van der Waals surface area contributed by atoms with E-state index in [9.17, 15) is 12.8 Å². The first-order chi connectivity index (χ1) is 6.92. The molecule has 1 N–H and O–H groups in total. The molecule has 0 aliphatic heterocycles. The van der Waals surface area contributed by atoms with Crippen LogP contribution >= 0.6 is 27.5 Å². The average Bonchev–Trinajstić information content (AvgIpc) is 2.20. The van der Waals surface area contributed by atoms with Crippen LogP contribution in [0, 0.1) is 5.82 Å². The second-order valence-corrected chi connectivity index (χ2v) is 5.76. The van der Waals surface area contributed by atoms with Crippen LogP contribution in [0.15, 0.2) is 21.5 Å². The van der Waals surface area contributed by atoms with Crippen molar-refractivity contribution in [3.63, 3.8) is 0 Å². The number of rotatable bonds is 3. The van der Waals surface area contributed by atoms with Gasteiger partial charge in [-0.05, 0) is 19.2 Å². The molecule has 0 saturated carbocycles. The van der Waals surface area contributed by atoms with Gasteiger partial charge in [0.05, 0.1) is 5.88 Å². The largest absolute Gasteiger partial charge is 0.243 e. The summed E-state index contributed by atoms with van der Waals surface area (Å²) in [6.45, 7) is 0. The van der Waals surface area contributed by atoms with Gasteiger partial charge >= 0.3 is 0 Å². The molecule has 7 heteroatoms. The van der Waals surface area contributed by atoms with E-state index >= 15 is 0 Å². The van der Waals surface area contributed by atoms with Gasteiger partial charge in [-0.15, -0.1) is 11.6 Å². The van der Waals surface area contributed by atoms with Gasteiger partial charge in [0.2, 0.25) is 10.0 Å². The predicted molar refractivity (Wildman–Crippen MR) is 59.9 cm³/mol. The van der Waals surface area contributed by atoms with Crippen molar-refractivity contribution in [2.45, 2.75) is 10.8 Å². The third kappa shape index (κ3) is 2.69. The maximum Gasteiger partial charge on any atom is 0.243 e. The fraction of sp³-hybridized carbons (Fsp3) is 0.250. The standard InChI is InChI=1S/C8H8BrClFNO2S/c1-12-15(13,14)7-3-6(9)2-5(4-10)8(7)11/h2-3,12H,4H2,1H3. The Morgan fingerprint density at radius 3 is 2.60 bits per heavy atom. The molecular formula is C8H8BrClFNO2S. The Kier molecular flexibility index (Phi) is 4.11. The summed E-state index contributed by atoms with van der Waals surface area (Å²) in [6, 6.07) is 2.63. The number of halogens is 3. The van der Waals surface area contributed by atoms with Gasteiger partial charge in [-0.25, -0.2) is 17.5 Å². The van der Waals surface area contributed by atoms with Crippen molar-refractivity contribution in [3.8, 4) is 0 Å². The lowest BCUT2D eigenvalue weighted by atomic mass is 10.2. The molecule has 1 rings (SSSR count). The summed E-state index contributed by atoms with van der Waals surface area (Å²) in [5.41, 5.74) is 0.139. The average molecular weight is 317 g/mol. The summed E-state index contributed by atoms with van der Waals surface area (Å²) in [4.78, 5) is -0.407. The van der Waals surface area contributed by atoms with Crippen molar-refractivity contribution >= 4 is 37.6 Å². The van der Waals surface area contributed by atoms with E-state index in [0.29, 0.717) is 4.47 Å². The van der Waals surface area contributed by atoms with Crippen LogP contribution in [0.25, 0.3) is 0 Å². The number of sulfonamides is 1. The van der Waals surface area contributed by atoms with Gasteiger partial charge in [-0.3, -0.25) is 0 Å². The van der Waals surface area contributed by atoms with E-state index in [1.54, 1.807) is 0 Å². The molecule has 0 saturated heterocycles. The van der Waals surface area contributed by atoms with E-state index in [-0.39, 0.29) is 11.4 Å². The van der Waals surface area contributed by atoms with E-state index < -0.39 is 20.7 Å².